The number of aryl methyl sites for hydroxylation is 1. The van der Waals surface area contributed by atoms with Crippen LogP contribution >= 0.6 is 11.8 Å². The van der Waals surface area contributed by atoms with Crippen molar-refractivity contribution < 1.29 is 9.50 Å². The highest BCUT2D eigenvalue weighted by molar-refractivity contribution is 7.99. The van der Waals surface area contributed by atoms with Crippen molar-refractivity contribution in [2.45, 2.75) is 41.1 Å². The maximum absolute atomic E-state index is 14.0. The van der Waals surface area contributed by atoms with Crippen LogP contribution in [-0.2, 0) is 13.5 Å². The van der Waals surface area contributed by atoms with Crippen molar-refractivity contribution in [2.75, 3.05) is 0 Å². The van der Waals surface area contributed by atoms with E-state index >= 15 is 0 Å². The Morgan fingerprint density at radius 2 is 2.08 bits per heavy atom. The topological polar surface area (TPSA) is 37.2 Å². The van der Waals surface area contributed by atoms with E-state index in [1.807, 2.05) is 13.1 Å². The van der Waals surface area contributed by atoms with Crippen molar-refractivity contribution in [1.82, 2.24) is 9.88 Å². The van der Waals surface area contributed by atoms with Crippen LogP contribution in [0.25, 0.3) is 10.9 Å². The second-order valence-corrected chi connectivity index (χ2v) is 8.10. The molecule has 1 saturated heterocycles. The molecule has 5 rings (SSSR count). The highest BCUT2D eigenvalue weighted by Gasteiger charge is 2.36. The third-order valence-electron chi connectivity index (χ3n) is 5.50. The van der Waals surface area contributed by atoms with Crippen molar-refractivity contribution in [2.24, 2.45) is 7.05 Å². The summed E-state index contributed by atoms with van der Waals surface area (Å²) in [5.74, 6) is 0.0339. The van der Waals surface area contributed by atoms with E-state index in [1.54, 1.807) is 18.2 Å². The van der Waals surface area contributed by atoms with Gasteiger partial charge in [0.2, 0.25) is 0 Å². The first-order chi connectivity index (χ1) is 12.1. The number of benzene rings is 2. The van der Waals surface area contributed by atoms with E-state index in [2.05, 4.69) is 16.0 Å². The normalized spacial score (nSPS) is 21.7. The van der Waals surface area contributed by atoms with Gasteiger partial charge < -0.3 is 15.0 Å². The monoisotopic (exact) mass is 354 g/mol. The van der Waals surface area contributed by atoms with E-state index in [9.17, 15) is 9.50 Å². The minimum absolute atomic E-state index is 0.234. The predicted octanol–water partition coefficient (Wildman–Crippen LogP) is 4.52. The second-order valence-electron chi connectivity index (χ2n) is 6.99. The van der Waals surface area contributed by atoms with Gasteiger partial charge in [-0.15, -0.1) is 0 Å². The van der Waals surface area contributed by atoms with Crippen LogP contribution in [0.2, 0.25) is 0 Å². The van der Waals surface area contributed by atoms with Gasteiger partial charge in [0.05, 0.1) is 5.52 Å². The van der Waals surface area contributed by atoms with Gasteiger partial charge in [0.15, 0.2) is 0 Å². The fourth-order valence-electron chi connectivity index (χ4n) is 4.41. The van der Waals surface area contributed by atoms with E-state index in [0.717, 1.165) is 28.6 Å². The third kappa shape index (κ3) is 2.29. The van der Waals surface area contributed by atoms with Gasteiger partial charge in [-0.3, -0.25) is 0 Å². The average molecular weight is 354 g/mol. The third-order valence-corrected chi connectivity index (χ3v) is 6.52. The average Bonchev–Trinajstić information content (AvgIpc) is 3.10. The molecular weight excluding hydrogens is 335 g/mol. The lowest BCUT2D eigenvalue weighted by Crippen LogP contribution is -2.32. The summed E-state index contributed by atoms with van der Waals surface area (Å²) in [6.07, 6.45) is 3.35. The number of halogens is 1. The zero-order valence-electron chi connectivity index (χ0n) is 13.9. The van der Waals surface area contributed by atoms with Crippen LogP contribution in [0.3, 0.4) is 0 Å². The first kappa shape index (κ1) is 15.3. The maximum atomic E-state index is 14.0. The molecule has 0 aliphatic carbocycles. The van der Waals surface area contributed by atoms with Gasteiger partial charge in [-0.1, -0.05) is 23.9 Å². The first-order valence-electron chi connectivity index (χ1n) is 8.64. The number of phenols is 1. The quantitative estimate of drug-likeness (QED) is 0.710. The van der Waals surface area contributed by atoms with Crippen molar-refractivity contribution >= 4 is 22.7 Å². The molecular formula is C20H19FN2OS. The summed E-state index contributed by atoms with van der Waals surface area (Å²) in [5.41, 5.74) is 3.53. The fourth-order valence-corrected chi connectivity index (χ4v) is 5.33. The Kier molecular flexibility index (Phi) is 3.37. The molecule has 3 aromatic rings. The summed E-state index contributed by atoms with van der Waals surface area (Å²) in [5, 5.41) is 15.4. The molecule has 2 unspecified atom stereocenters. The number of nitrogens with zero attached hydrogens (tertiary/aromatic N) is 1. The van der Waals surface area contributed by atoms with E-state index in [-0.39, 0.29) is 11.6 Å². The highest BCUT2D eigenvalue weighted by Crippen LogP contribution is 2.45. The Hall–Kier alpha value is -1.98. The minimum Gasteiger partial charge on any atom is -0.506 e. The Morgan fingerprint density at radius 3 is 2.92 bits per heavy atom. The predicted molar refractivity (Wildman–Crippen MR) is 97.7 cm³/mol. The molecule has 5 heteroatoms. The van der Waals surface area contributed by atoms with E-state index in [0.29, 0.717) is 17.0 Å². The number of aromatic hydroxyl groups is 1. The standard InChI is InChI=1S/C20H19FN2OS/c1-23-16-8-11-6-7-15(22-11)19(16)13-9-12(10-17(24)20(13)23)25-18-5-3-2-4-14(18)21/h2-5,9-11,15,22,24H,6-8H2,1H3. The molecule has 0 spiro atoms. The maximum Gasteiger partial charge on any atom is 0.140 e. The Balaban J connectivity index is 1.67. The number of aromatic nitrogens is 1. The highest BCUT2D eigenvalue weighted by atomic mass is 32.2. The number of hydrogen-bond donors (Lipinski definition) is 2. The lowest BCUT2D eigenvalue weighted by atomic mass is 9.99. The zero-order valence-corrected chi connectivity index (χ0v) is 14.7. The van der Waals surface area contributed by atoms with Crippen LogP contribution in [-0.4, -0.2) is 15.7 Å². The lowest BCUT2D eigenvalue weighted by Gasteiger charge is -2.23. The number of nitrogens with one attached hydrogen (secondary N) is 1. The van der Waals surface area contributed by atoms with Crippen molar-refractivity contribution in [1.29, 1.82) is 0 Å². The fraction of sp³-hybridized carbons (Fsp3) is 0.300. The molecule has 1 aromatic heterocycles. The van der Waals surface area contributed by atoms with Crippen molar-refractivity contribution in [3.05, 3.63) is 53.5 Å². The largest absolute Gasteiger partial charge is 0.506 e. The molecule has 2 bridgehead atoms. The SMILES string of the molecule is Cn1c2c(c3cc(Sc4ccccc4F)cc(O)c31)C1CCC(C2)N1. The Morgan fingerprint density at radius 1 is 1.24 bits per heavy atom. The van der Waals surface area contributed by atoms with Gasteiger partial charge in [-0.25, -0.2) is 4.39 Å². The van der Waals surface area contributed by atoms with E-state index in [1.165, 1.54) is 35.5 Å². The molecule has 3 nitrogen and oxygen atoms in total. The molecule has 1 fully saturated rings. The number of fused-ring (bicyclic) bond motifs is 6. The number of phenolic OH excluding ortho intramolecular Hbond substituents is 1. The molecule has 2 aliphatic rings. The lowest BCUT2D eigenvalue weighted by molar-refractivity contribution is 0.476. The molecule has 0 amide bonds. The second kappa shape index (κ2) is 5.51. The summed E-state index contributed by atoms with van der Waals surface area (Å²) in [4.78, 5) is 1.44. The van der Waals surface area contributed by atoms with Crippen molar-refractivity contribution in [3.63, 3.8) is 0 Å². The number of rotatable bonds is 2. The zero-order chi connectivity index (χ0) is 17.1. The summed E-state index contributed by atoms with van der Waals surface area (Å²) in [7, 11) is 2.04. The molecule has 3 heterocycles. The summed E-state index contributed by atoms with van der Waals surface area (Å²) in [6.45, 7) is 0. The molecule has 0 radical (unpaired) electrons. The smallest absolute Gasteiger partial charge is 0.140 e. The van der Waals surface area contributed by atoms with Crippen LogP contribution in [0, 0.1) is 5.82 Å². The van der Waals surface area contributed by atoms with Crippen LogP contribution < -0.4 is 5.32 Å². The van der Waals surface area contributed by atoms with Gasteiger partial charge >= 0.3 is 0 Å². The van der Waals surface area contributed by atoms with Crippen molar-refractivity contribution in [3.8, 4) is 5.75 Å². The van der Waals surface area contributed by atoms with Crippen LogP contribution in [0.4, 0.5) is 4.39 Å². The summed E-state index contributed by atoms with van der Waals surface area (Å²) < 4.78 is 16.1. The van der Waals surface area contributed by atoms with Gasteiger partial charge in [-0.05, 0) is 42.7 Å². The molecule has 2 aromatic carbocycles. The molecule has 25 heavy (non-hydrogen) atoms. The van der Waals surface area contributed by atoms with Crippen LogP contribution in [0.5, 0.6) is 5.75 Å². The van der Waals surface area contributed by atoms with Gasteiger partial charge in [0.1, 0.15) is 11.6 Å². The van der Waals surface area contributed by atoms with Gasteiger partial charge in [-0.2, -0.15) is 0 Å². The molecule has 2 atom stereocenters. The molecule has 0 saturated carbocycles. The Labute approximate surface area is 149 Å². The summed E-state index contributed by atoms with van der Waals surface area (Å²) in [6, 6.07) is 11.5. The van der Waals surface area contributed by atoms with E-state index in [4.69, 9.17) is 0 Å². The first-order valence-corrected chi connectivity index (χ1v) is 9.46. The molecule has 2 N–H and O–H groups in total. The van der Waals surface area contributed by atoms with Crippen LogP contribution in [0.15, 0.2) is 46.2 Å². The van der Waals surface area contributed by atoms with Gasteiger partial charge in [0.25, 0.3) is 0 Å². The van der Waals surface area contributed by atoms with E-state index < -0.39 is 0 Å². The molecule has 2 aliphatic heterocycles. The minimum atomic E-state index is -0.234. The van der Waals surface area contributed by atoms with Gasteiger partial charge in [0, 0.05) is 46.4 Å². The Bertz CT molecular complexity index is 997. The summed E-state index contributed by atoms with van der Waals surface area (Å²) >= 11 is 1.36. The molecule has 128 valence electrons. The number of hydrogen-bond acceptors (Lipinski definition) is 3. The van der Waals surface area contributed by atoms with Crippen LogP contribution in [0.1, 0.15) is 30.1 Å².